The van der Waals surface area contributed by atoms with E-state index in [0.717, 1.165) is 41.9 Å². The molecule has 6 rings (SSSR count). The van der Waals surface area contributed by atoms with Crippen LogP contribution in [-0.4, -0.2) is 79.7 Å². The molecule has 0 saturated carbocycles. The highest BCUT2D eigenvalue weighted by Gasteiger charge is 2.36. The molecule has 35 heavy (non-hydrogen) atoms. The van der Waals surface area contributed by atoms with E-state index in [4.69, 9.17) is 23.7 Å². The number of rotatable bonds is 6. The van der Waals surface area contributed by atoms with Crippen molar-refractivity contribution in [2.24, 2.45) is 0 Å². The molecule has 182 valence electrons. The monoisotopic (exact) mass is 478 g/mol. The molecule has 2 atom stereocenters. The summed E-state index contributed by atoms with van der Waals surface area (Å²) >= 11 is 0. The van der Waals surface area contributed by atoms with Gasteiger partial charge < -0.3 is 23.7 Å². The molecule has 4 heterocycles. The standard InChI is InChI=1S/C25H26N4O6/c1-31-17-3-4-21-20(11-17)24(27-15-26-21)34-18-6-7-28(12-18)13-19-14-29(25(30)35-19)16-2-5-22-23(10-16)33-9-8-32-22/h2-5,10-11,15,18-19H,6-9,12-14H2,1H3/t18-,19-/m1/s1. The lowest BCUT2D eigenvalue weighted by Crippen LogP contribution is -2.34. The number of amides is 1. The number of aromatic nitrogens is 2. The Bertz CT molecular complexity index is 1250. The summed E-state index contributed by atoms with van der Waals surface area (Å²) in [6, 6.07) is 11.2. The van der Waals surface area contributed by atoms with Crippen molar-refractivity contribution in [3.63, 3.8) is 0 Å². The highest BCUT2D eigenvalue weighted by atomic mass is 16.6. The van der Waals surface area contributed by atoms with Gasteiger partial charge in [0.25, 0.3) is 0 Å². The van der Waals surface area contributed by atoms with Gasteiger partial charge in [-0.15, -0.1) is 0 Å². The van der Waals surface area contributed by atoms with E-state index in [0.29, 0.717) is 43.7 Å². The average molecular weight is 479 g/mol. The van der Waals surface area contributed by atoms with Gasteiger partial charge in [-0.2, -0.15) is 0 Å². The molecular formula is C25H26N4O6. The number of hydrogen-bond donors (Lipinski definition) is 0. The van der Waals surface area contributed by atoms with E-state index < -0.39 is 0 Å². The summed E-state index contributed by atoms with van der Waals surface area (Å²) in [6.07, 6.45) is 1.80. The maximum Gasteiger partial charge on any atom is 0.414 e. The van der Waals surface area contributed by atoms with Crippen LogP contribution in [0.4, 0.5) is 10.5 Å². The van der Waals surface area contributed by atoms with Crippen LogP contribution in [-0.2, 0) is 4.74 Å². The molecule has 10 nitrogen and oxygen atoms in total. The SMILES string of the molecule is COc1ccc2ncnc(O[C@@H]3CCN(C[C@@H]4CN(c5ccc6c(c5)OCCO6)C(=O)O4)C3)c2c1. The fraction of sp³-hybridized carbons (Fsp3) is 0.400. The number of anilines is 1. The molecule has 0 unspecified atom stereocenters. The number of ether oxygens (including phenoxy) is 5. The topological polar surface area (TPSA) is 95.5 Å². The van der Waals surface area contributed by atoms with Gasteiger partial charge in [0.05, 0.1) is 30.2 Å². The first-order valence-electron chi connectivity index (χ1n) is 11.7. The van der Waals surface area contributed by atoms with E-state index in [2.05, 4.69) is 14.9 Å². The third-order valence-electron chi connectivity index (χ3n) is 6.49. The maximum atomic E-state index is 12.6. The molecular weight excluding hydrogens is 452 g/mol. The Balaban J connectivity index is 1.08. The van der Waals surface area contributed by atoms with Gasteiger partial charge >= 0.3 is 6.09 Å². The zero-order chi connectivity index (χ0) is 23.8. The summed E-state index contributed by atoms with van der Waals surface area (Å²) < 4.78 is 28.5. The second-order valence-corrected chi connectivity index (χ2v) is 8.79. The minimum absolute atomic E-state index is 0.00898. The first kappa shape index (κ1) is 21.7. The number of methoxy groups -OCH3 is 1. The van der Waals surface area contributed by atoms with Gasteiger partial charge in [-0.1, -0.05) is 0 Å². The molecule has 2 fully saturated rings. The second kappa shape index (κ2) is 9.10. The first-order valence-corrected chi connectivity index (χ1v) is 11.7. The number of hydrogen-bond acceptors (Lipinski definition) is 9. The van der Waals surface area contributed by atoms with E-state index in [1.54, 1.807) is 12.0 Å². The number of carbonyl (C=O) groups is 1. The summed E-state index contributed by atoms with van der Waals surface area (Å²) in [5.74, 6) is 2.63. The Kier molecular flexibility index (Phi) is 5.65. The summed E-state index contributed by atoms with van der Waals surface area (Å²) in [5, 5.41) is 0.824. The molecule has 2 aromatic carbocycles. The van der Waals surface area contributed by atoms with Crippen LogP contribution in [0.1, 0.15) is 6.42 Å². The molecule has 0 spiro atoms. The Labute approximate surface area is 202 Å². The number of carbonyl (C=O) groups excluding carboxylic acids is 1. The van der Waals surface area contributed by atoms with Crippen LogP contribution in [0.15, 0.2) is 42.7 Å². The van der Waals surface area contributed by atoms with Crippen LogP contribution in [0.5, 0.6) is 23.1 Å². The molecule has 2 saturated heterocycles. The summed E-state index contributed by atoms with van der Waals surface area (Å²) in [7, 11) is 1.63. The number of benzene rings is 2. The maximum absolute atomic E-state index is 12.6. The third-order valence-corrected chi connectivity index (χ3v) is 6.49. The third kappa shape index (κ3) is 4.37. The Hall–Kier alpha value is -3.79. The zero-order valence-corrected chi connectivity index (χ0v) is 19.4. The van der Waals surface area contributed by atoms with E-state index in [-0.39, 0.29) is 18.3 Å². The van der Waals surface area contributed by atoms with Crippen molar-refractivity contribution in [3.8, 4) is 23.1 Å². The average Bonchev–Trinajstić information content (AvgIpc) is 3.49. The van der Waals surface area contributed by atoms with Gasteiger partial charge in [0.2, 0.25) is 5.88 Å². The van der Waals surface area contributed by atoms with E-state index in [9.17, 15) is 4.79 Å². The van der Waals surface area contributed by atoms with Crippen LogP contribution in [0.25, 0.3) is 10.9 Å². The van der Waals surface area contributed by atoms with Crippen molar-refractivity contribution >= 4 is 22.7 Å². The van der Waals surface area contributed by atoms with E-state index >= 15 is 0 Å². The summed E-state index contributed by atoms with van der Waals surface area (Å²) in [4.78, 5) is 25.2. The zero-order valence-electron chi connectivity index (χ0n) is 19.4. The van der Waals surface area contributed by atoms with Crippen molar-refractivity contribution in [3.05, 3.63) is 42.7 Å². The number of likely N-dealkylation sites (tertiary alicyclic amines) is 1. The highest BCUT2D eigenvalue weighted by Crippen LogP contribution is 2.35. The molecule has 0 radical (unpaired) electrons. The molecule has 0 bridgehead atoms. The van der Waals surface area contributed by atoms with Gasteiger partial charge in [-0.25, -0.2) is 14.8 Å². The summed E-state index contributed by atoms with van der Waals surface area (Å²) in [6.45, 7) is 3.74. The quantitative estimate of drug-likeness (QED) is 0.530. The van der Waals surface area contributed by atoms with Crippen molar-refractivity contribution < 1.29 is 28.5 Å². The van der Waals surface area contributed by atoms with Crippen molar-refractivity contribution in [2.75, 3.05) is 51.4 Å². The molecule has 0 aliphatic carbocycles. The predicted molar refractivity (Wildman–Crippen MR) is 127 cm³/mol. The second-order valence-electron chi connectivity index (χ2n) is 8.79. The molecule has 3 aromatic rings. The molecule has 10 heteroatoms. The number of fused-ring (bicyclic) bond motifs is 2. The van der Waals surface area contributed by atoms with Crippen LogP contribution < -0.4 is 23.8 Å². The molecule has 3 aliphatic rings. The first-order chi connectivity index (χ1) is 17.2. The smallest absolute Gasteiger partial charge is 0.414 e. The fourth-order valence-corrected chi connectivity index (χ4v) is 4.77. The molecule has 3 aliphatic heterocycles. The predicted octanol–water partition coefficient (Wildman–Crippen LogP) is 2.89. The Morgan fingerprint density at radius 2 is 1.94 bits per heavy atom. The van der Waals surface area contributed by atoms with Crippen LogP contribution in [0, 0.1) is 0 Å². The minimum atomic E-state index is -0.347. The van der Waals surface area contributed by atoms with Gasteiger partial charge in [-0.3, -0.25) is 9.80 Å². The van der Waals surface area contributed by atoms with Crippen molar-refractivity contribution in [1.82, 2.24) is 14.9 Å². The highest BCUT2D eigenvalue weighted by molar-refractivity contribution is 5.90. The molecule has 1 amide bonds. The molecule has 1 aromatic heterocycles. The lowest BCUT2D eigenvalue weighted by Gasteiger charge is -2.21. The van der Waals surface area contributed by atoms with Crippen LogP contribution in [0.3, 0.4) is 0 Å². The van der Waals surface area contributed by atoms with Crippen LogP contribution >= 0.6 is 0 Å². The largest absolute Gasteiger partial charge is 0.497 e. The van der Waals surface area contributed by atoms with Crippen LogP contribution in [0.2, 0.25) is 0 Å². The number of cyclic esters (lactones) is 1. The summed E-state index contributed by atoms with van der Waals surface area (Å²) in [5.41, 5.74) is 1.55. The molecule has 0 N–H and O–H groups in total. The minimum Gasteiger partial charge on any atom is -0.497 e. The number of nitrogens with zero attached hydrogens (tertiary/aromatic N) is 4. The van der Waals surface area contributed by atoms with Gasteiger partial charge in [0.15, 0.2) is 11.5 Å². The lowest BCUT2D eigenvalue weighted by molar-refractivity contribution is 0.111. The van der Waals surface area contributed by atoms with Gasteiger partial charge in [-0.05, 0) is 36.8 Å². The van der Waals surface area contributed by atoms with Crippen molar-refractivity contribution in [1.29, 1.82) is 0 Å². The fourth-order valence-electron chi connectivity index (χ4n) is 4.77. The lowest BCUT2D eigenvalue weighted by atomic mass is 10.2. The Morgan fingerprint density at radius 1 is 1.06 bits per heavy atom. The van der Waals surface area contributed by atoms with Crippen molar-refractivity contribution in [2.45, 2.75) is 18.6 Å². The Morgan fingerprint density at radius 3 is 2.83 bits per heavy atom. The van der Waals surface area contributed by atoms with Gasteiger partial charge in [0, 0.05) is 25.7 Å². The van der Waals surface area contributed by atoms with Gasteiger partial charge in [0.1, 0.15) is 37.5 Å². The normalized spacial score (nSPS) is 21.9. The van der Waals surface area contributed by atoms with E-state index in [1.807, 2.05) is 36.4 Å². The van der Waals surface area contributed by atoms with E-state index in [1.165, 1.54) is 6.33 Å².